The van der Waals surface area contributed by atoms with E-state index in [9.17, 15) is 23.1 Å². The van der Waals surface area contributed by atoms with Crippen molar-refractivity contribution in [3.8, 4) is 0 Å². The number of rotatable bonds is 3. The van der Waals surface area contributed by atoms with E-state index in [-0.39, 0.29) is 11.4 Å². The molecule has 1 aromatic heterocycles. The Hall–Kier alpha value is -2.12. The quantitative estimate of drug-likeness (QED) is 0.795. The van der Waals surface area contributed by atoms with Crippen LogP contribution in [0.4, 0.5) is 19.0 Å². The Labute approximate surface area is 154 Å². The standard InChI is InChI=1S/C18H18ClF3N2O2/c1-17(2,3)16(26)24-15-13(19)12(11(9-23-15)18(20,21)22)14(25)10-7-5-4-6-8-10/h4-9,14,25H,1-3H3,(H,23,24,26). The predicted molar refractivity (Wildman–Crippen MR) is 92.8 cm³/mol. The summed E-state index contributed by atoms with van der Waals surface area (Å²) in [5.41, 5.74) is -2.28. The SMILES string of the molecule is CC(C)(C)C(=O)Nc1ncc(C(F)(F)F)c(C(O)c2ccccc2)c1Cl. The highest BCUT2D eigenvalue weighted by Gasteiger charge is 2.38. The lowest BCUT2D eigenvalue weighted by molar-refractivity contribution is -0.139. The van der Waals surface area contributed by atoms with Gasteiger partial charge in [-0.25, -0.2) is 4.98 Å². The van der Waals surface area contributed by atoms with Gasteiger partial charge in [-0.3, -0.25) is 4.79 Å². The fraction of sp³-hybridized carbons (Fsp3) is 0.333. The maximum absolute atomic E-state index is 13.4. The topological polar surface area (TPSA) is 62.2 Å². The molecule has 0 aliphatic heterocycles. The van der Waals surface area contributed by atoms with E-state index in [0.29, 0.717) is 6.20 Å². The van der Waals surface area contributed by atoms with Gasteiger partial charge in [-0.15, -0.1) is 0 Å². The molecule has 1 heterocycles. The van der Waals surface area contributed by atoms with Crippen LogP contribution >= 0.6 is 11.6 Å². The monoisotopic (exact) mass is 386 g/mol. The summed E-state index contributed by atoms with van der Waals surface area (Å²) >= 11 is 6.12. The van der Waals surface area contributed by atoms with Crippen molar-refractivity contribution in [2.24, 2.45) is 5.41 Å². The molecule has 0 aliphatic rings. The molecular weight excluding hydrogens is 369 g/mol. The third-order valence-corrected chi connectivity index (χ3v) is 4.05. The number of benzene rings is 1. The number of anilines is 1. The zero-order valence-corrected chi connectivity index (χ0v) is 15.1. The van der Waals surface area contributed by atoms with Gasteiger partial charge in [0, 0.05) is 17.2 Å². The van der Waals surface area contributed by atoms with Crippen LogP contribution < -0.4 is 5.32 Å². The van der Waals surface area contributed by atoms with Gasteiger partial charge in [-0.1, -0.05) is 62.7 Å². The summed E-state index contributed by atoms with van der Waals surface area (Å²) in [6.07, 6.45) is -5.84. The van der Waals surface area contributed by atoms with Crippen LogP contribution in [0.15, 0.2) is 36.5 Å². The minimum absolute atomic E-state index is 0.232. The molecule has 26 heavy (non-hydrogen) atoms. The minimum Gasteiger partial charge on any atom is -0.384 e. The first-order valence-electron chi connectivity index (χ1n) is 7.73. The van der Waals surface area contributed by atoms with Crippen LogP contribution in [0, 0.1) is 5.41 Å². The summed E-state index contributed by atoms with van der Waals surface area (Å²) in [5.74, 6) is -0.698. The number of alkyl halides is 3. The van der Waals surface area contributed by atoms with E-state index in [1.54, 1.807) is 39.0 Å². The Morgan fingerprint density at radius 1 is 1.19 bits per heavy atom. The van der Waals surface area contributed by atoms with Crippen LogP contribution in [0.25, 0.3) is 0 Å². The molecule has 0 saturated carbocycles. The van der Waals surface area contributed by atoms with Gasteiger partial charge in [0.1, 0.15) is 6.10 Å². The fourth-order valence-electron chi connectivity index (χ4n) is 2.18. The molecule has 0 bridgehead atoms. The molecule has 1 atom stereocenters. The molecule has 1 amide bonds. The summed E-state index contributed by atoms with van der Waals surface area (Å²) < 4.78 is 40.2. The van der Waals surface area contributed by atoms with Gasteiger partial charge < -0.3 is 10.4 Å². The third-order valence-electron chi connectivity index (χ3n) is 3.66. The molecule has 2 aromatic rings. The molecule has 2 N–H and O–H groups in total. The lowest BCUT2D eigenvalue weighted by atomic mass is 9.95. The summed E-state index contributed by atoms with van der Waals surface area (Å²) in [4.78, 5) is 15.8. The number of pyridine rings is 1. The number of nitrogens with one attached hydrogen (secondary N) is 1. The number of nitrogens with zero attached hydrogens (tertiary/aromatic N) is 1. The molecule has 8 heteroatoms. The van der Waals surface area contributed by atoms with E-state index in [4.69, 9.17) is 11.6 Å². The number of hydrogen-bond acceptors (Lipinski definition) is 3. The average Bonchev–Trinajstić information content (AvgIpc) is 2.54. The van der Waals surface area contributed by atoms with Crippen LogP contribution in [0.5, 0.6) is 0 Å². The Kier molecular flexibility index (Phi) is 5.63. The highest BCUT2D eigenvalue weighted by atomic mass is 35.5. The van der Waals surface area contributed by atoms with Crippen molar-refractivity contribution in [1.29, 1.82) is 0 Å². The first-order chi connectivity index (χ1) is 11.9. The van der Waals surface area contributed by atoms with Crippen LogP contribution in [-0.4, -0.2) is 16.0 Å². The minimum atomic E-state index is -4.77. The predicted octanol–water partition coefficient (Wildman–Crippen LogP) is 4.82. The van der Waals surface area contributed by atoms with Crippen molar-refractivity contribution in [3.63, 3.8) is 0 Å². The second-order valence-electron chi connectivity index (χ2n) is 6.76. The number of aliphatic hydroxyl groups is 1. The highest BCUT2D eigenvalue weighted by Crippen LogP contribution is 2.42. The molecule has 0 fully saturated rings. The van der Waals surface area contributed by atoms with Crippen molar-refractivity contribution in [2.45, 2.75) is 33.1 Å². The second kappa shape index (κ2) is 7.25. The number of aromatic nitrogens is 1. The molecule has 0 spiro atoms. The van der Waals surface area contributed by atoms with E-state index < -0.39 is 39.8 Å². The number of carbonyl (C=O) groups is 1. The van der Waals surface area contributed by atoms with E-state index in [2.05, 4.69) is 10.3 Å². The zero-order chi connectivity index (χ0) is 19.7. The maximum Gasteiger partial charge on any atom is 0.418 e. The number of halogens is 4. The van der Waals surface area contributed by atoms with Crippen LogP contribution in [0.2, 0.25) is 5.02 Å². The Bertz CT molecular complexity index is 803. The summed E-state index contributed by atoms with van der Waals surface area (Å²) in [5, 5.41) is 12.5. The first kappa shape index (κ1) is 20.2. The Morgan fingerprint density at radius 3 is 2.27 bits per heavy atom. The smallest absolute Gasteiger partial charge is 0.384 e. The molecule has 4 nitrogen and oxygen atoms in total. The average molecular weight is 387 g/mol. The second-order valence-corrected chi connectivity index (χ2v) is 7.14. The molecule has 0 saturated heterocycles. The third kappa shape index (κ3) is 4.34. The van der Waals surface area contributed by atoms with E-state index in [0.717, 1.165) is 0 Å². The van der Waals surface area contributed by atoms with Gasteiger partial charge in [0.05, 0.1) is 10.6 Å². The normalized spacial score (nSPS) is 13.4. The van der Waals surface area contributed by atoms with E-state index >= 15 is 0 Å². The van der Waals surface area contributed by atoms with Crippen molar-refractivity contribution >= 4 is 23.3 Å². The zero-order valence-electron chi connectivity index (χ0n) is 14.4. The maximum atomic E-state index is 13.4. The first-order valence-corrected chi connectivity index (χ1v) is 8.10. The number of aliphatic hydroxyl groups excluding tert-OH is 1. The Balaban J connectivity index is 2.59. The van der Waals surface area contributed by atoms with Crippen molar-refractivity contribution < 1.29 is 23.1 Å². The molecule has 1 unspecified atom stereocenters. The van der Waals surface area contributed by atoms with E-state index in [1.807, 2.05) is 0 Å². The summed E-state index contributed by atoms with van der Waals surface area (Å²) in [6, 6.07) is 7.81. The number of amides is 1. The molecule has 1 aromatic carbocycles. The van der Waals surface area contributed by atoms with Gasteiger partial charge in [0.15, 0.2) is 5.82 Å². The fourth-order valence-corrected chi connectivity index (χ4v) is 2.48. The van der Waals surface area contributed by atoms with Crippen molar-refractivity contribution in [3.05, 3.63) is 58.2 Å². The molecule has 2 rings (SSSR count). The van der Waals surface area contributed by atoms with Gasteiger partial charge >= 0.3 is 6.18 Å². The van der Waals surface area contributed by atoms with Crippen molar-refractivity contribution in [2.75, 3.05) is 5.32 Å². The van der Waals surface area contributed by atoms with Crippen LogP contribution in [0.1, 0.15) is 43.6 Å². The van der Waals surface area contributed by atoms with Gasteiger partial charge in [0.25, 0.3) is 0 Å². The molecule has 0 aliphatic carbocycles. The lowest BCUT2D eigenvalue weighted by Crippen LogP contribution is -2.28. The Morgan fingerprint density at radius 2 is 1.77 bits per heavy atom. The summed E-state index contributed by atoms with van der Waals surface area (Å²) in [6.45, 7) is 4.92. The molecule has 140 valence electrons. The molecular formula is C18H18ClF3N2O2. The van der Waals surface area contributed by atoms with Crippen LogP contribution in [0.3, 0.4) is 0 Å². The van der Waals surface area contributed by atoms with Crippen molar-refractivity contribution in [1.82, 2.24) is 4.98 Å². The van der Waals surface area contributed by atoms with Gasteiger partial charge in [-0.05, 0) is 5.56 Å². The van der Waals surface area contributed by atoms with Crippen LogP contribution in [-0.2, 0) is 11.0 Å². The molecule has 0 radical (unpaired) electrons. The van der Waals surface area contributed by atoms with E-state index in [1.165, 1.54) is 12.1 Å². The number of carbonyl (C=O) groups excluding carboxylic acids is 1. The largest absolute Gasteiger partial charge is 0.418 e. The number of hydrogen-bond donors (Lipinski definition) is 2. The van der Waals surface area contributed by atoms with Gasteiger partial charge in [0.2, 0.25) is 5.91 Å². The highest BCUT2D eigenvalue weighted by molar-refractivity contribution is 6.34. The summed E-state index contributed by atoms with van der Waals surface area (Å²) in [7, 11) is 0. The lowest BCUT2D eigenvalue weighted by Gasteiger charge is -2.22. The van der Waals surface area contributed by atoms with Gasteiger partial charge in [-0.2, -0.15) is 13.2 Å².